The molecule has 0 aliphatic carbocycles. The first kappa shape index (κ1) is 10.9. The van der Waals surface area contributed by atoms with Crippen molar-refractivity contribution in [3.05, 3.63) is 42.0 Å². The molecular weight excluding hydrogens is 200 g/mol. The molecule has 0 bridgehead atoms. The molecule has 0 amide bonds. The van der Waals surface area contributed by atoms with Crippen LogP contribution in [0.5, 0.6) is 0 Å². The van der Waals surface area contributed by atoms with Gasteiger partial charge in [0.05, 0.1) is 6.61 Å². The van der Waals surface area contributed by atoms with Gasteiger partial charge in [0, 0.05) is 24.2 Å². The van der Waals surface area contributed by atoms with Crippen molar-refractivity contribution in [3.8, 4) is 0 Å². The molecule has 4 N–H and O–H groups in total. The third-order valence-electron chi connectivity index (χ3n) is 2.66. The first-order valence-electron chi connectivity index (χ1n) is 5.42. The molecule has 16 heavy (non-hydrogen) atoms. The van der Waals surface area contributed by atoms with E-state index in [1.54, 1.807) is 0 Å². The first-order valence-corrected chi connectivity index (χ1v) is 5.42. The van der Waals surface area contributed by atoms with Crippen molar-refractivity contribution >= 4 is 16.5 Å². The van der Waals surface area contributed by atoms with E-state index in [0.717, 1.165) is 16.6 Å². The Morgan fingerprint density at radius 2 is 1.81 bits per heavy atom. The van der Waals surface area contributed by atoms with Gasteiger partial charge in [0.25, 0.3) is 0 Å². The molecular formula is C13H16N2O. The van der Waals surface area contributed by atoms with E-state index in [4.69, 9.17) is 10.8 Å². The van der Waals surface area contributed by atoms with Crippen LogP contribution < -0.4 is 11.1 Å². The monoisotopic (exact) mass is 216 g/mol. The summed E-state index contributed by atoms with van der Waals surface area (Å²) in [5.74, 6) is 0. The fourth-order valence-corrected chi connectivity index (χ4v) is 1.88. The Hall–Kier alpha value is -1.58. The van der Waals surface area contributed by atoms with Gasteiger partial charge in [0.2, 0.25) is 0 Å². The molecule has 0 aromatic heterocycles. The first-order chi connectivity index (χ1) is 7.86. The van der Waals surface area contributed by atoms with Crippen molar-refractivity contribution in [3.63, 3.8) is 0 Å². The largest absolute Gasteiger partial charge is 0.395 e. The van der Waals surface area contributed by atoms with Gasteiger partial charge in [-0.1, -0.05) is 30.3 Å². The minimum atomic E-state index is 0.132. The summed E-state index contributed by atoms with van der Waals surface area (Å²) in [4.78, 5) is 0. The summed E-state index contributed by atoms with van der Waals surface area (Å²) in [6.07, 6.45) is 0. The minimum absolute atomic E-state index is 0.132. The highest BCUT2D eigenvalue weighted by Gasteiger charge is 2.03. The molecule has 0 unspecified atom stereocenters. The average Bonchev–Trinajstić information content (AvgIpc) is 2.36. The third kappa shape index (κ3) is 2.01. The summed E-state index contributed by atoms with van der Waals surface area (Å²) in [5.41, 5.74) is 7.89. The van der Waals surface area contributed by atoms with Gasteiger partial charge in [-0.05, 0) is 17.0 Å². The van der Waals surface area contributed by atoms with Crippen LogP contribution in [0.1, 0.15) is 5.56 Å². The van der Waals surface area contributed by atoms with E-state index in [9.17, 15) is 0 Å². The topological polar surface area (TPSA) is 58.3 Å². The van der Waals surface area contributed by atoms with Crippen LogP contribution in [0.25, 0.3) is 10.8 Å². The highest BCUT2D eigenvalue weighted by Crippen LogP contribution is 2.26. The zero-order valence-corrected chi connectivity index (χ0v) is 9.11. The van der Waals surface area contributed by atoms with Gasteiger partial charge in [-0.2, -0.15) is 0 Å². The van der Waals surface area contributed by atoms with Crippen LogP contribution >= 0.6 is 0 Å². The minimum Gasteiger partial charge on any atom is -0.395 e. The summed E-state index contributed by atoms with van der Waals surface area (Å²) in [6, 6.07) is 12.2. The average molecular weight is 216 g/mol. The Morgan fingerprint density at radius 1 is 1.06 bits per heavy atom. The number of hydrogen-bond acceptors (Lipinski definition) is 3. The molecule has 0 radical (unpaired) electrons. The highest BCUT2D eigenvalue weighted by atomic mass is 16.3. The number of nitrogens with one attached hydrogen (secondary N) is 1. The molecule has 0 atom stereocenters. The van der Waals surface area contributed by atoms with E-state index < -0.39 is 0 Å². The van der Waals surface area contributed by atoms with E-state index in [-0.39, 0.29) is 6.61 Å². The normalized spacial score (nSPS) is 10.6. The van der Waals surface area contributed by atoms with Gasteiger partial charge in [-0.15, -0.1) is 0 Å². The van der Waals surface area contributed by atoms with Crippen molar-refractivity contribution in [1.29, 1.82) is 0 Å². The molecule has 0 saturated heterocycles. The lowest BCUT2D eigenvalue weighted by atomic mass is 10.0. The van der Waals surface area contributed by atoms with Crippen LogP contribution in [0.15, 0.2) is 36.4 Å². The van der Waals surface area contributed by atoms with E-state index in [1.165, 1.54) is 5.39 Å². The molecule has 0 saturated carbocycles. The molecule has 0 heterocycles. The standard InChI is InChI=1S/C13H16N2O/c14-9-10-5-6-13(15-7-8-16)12-4-2-1-3-11(10)12/h1-6,15-16H,7-9,14H2. The Labute approximate surface area is 94.9 Å². The van der Waals surface area contributed by atoms with Gasteiger partial charge in [-0.25, -0.2) is 0 Å². The highest BCUT2D eigenvalue weighted by molar-refractivity contribution is 5.96. The molecule has 2 aromatic carbocycles. The van der Waals surface area contributed by atoms with Gasteiger partial charge in [0.1, 0.15) is 0 Å². The van der Waals surface area contributed by atoms with E-state index in [2.05, 4.69) is 17.4 Å². The lowest BCUT2D eigenvalue weighted by molar-refractivity contribution is 0.311. The van der Waals surface area contributed by atoms with Gasteiger partial charge in [-0.3, -0.25) is 0 Å². The number of nitrogens with two attached hydrogens (primary N) is 1. The number of benzene rings is 2. The molecule has 0 aliphatic rings. The molecule has 3 heteroatoms. The Morgan fingerprint density at radius 3 is 2.50 bits per heavy atom. The Bertz CT molecular complexity index is 482. The second-order valence-electron chi connectivity index (χ2n) is 3.67. The van der Waals surface area contributed by atoms with Crippen LogP contribution in [0.4, 0.5) is 5.69 Å². The van der Waals surface area contributed by atoms with Crippen molar-refractivity contribution in [1.82, 2.24) is 0 Å². The number of rotatable bonds is 4. The van der Waals surface area contributed by atoms with Gasteiger partial charge in [0.15, 0.2) is 0 Å². The summed E-state index contributed by atoms with van der Waals surface area (Å²) in [7, 11) is 0. The van der Waals surface area contributed by atoms with Crippen LogP contribution in [0, 0.1) is 0 Å². The summed E-state index contributed by atoms with van der Waals surface area (Å²) < 4.78 is 0. The van der Waals surface area contributed by atoms with Crippen LogP contribution in [-0.2, 0) is 6.54 Å². The van der Waals surface area contributed by atoms with Crippen LogP contribution in [-0.4, -0.2) is 18.3 Å². The lowest BCUT2D eigenvalue weighted by Crippen LogP contribution is -2.06. The number of aliphatic hydroxyl groups is 1. The molecule has 0 fully saturated rings. The molecule has 2 rings (SSSR count). The van der Waals surface area contributed by atoms with Crippen molar-refractivity contribution in [2.24, 2.45) is 5.73 Å². The summed E-state index contributed by atoms with van der Waals surface area (Å²) in [6.45, 7) is 1.24. The molecule has 2 aromatic rings. The Balaban J connectivity index is 2.51. The predicted octanol–water partition coefficient (Wildman–Crippen LogP) is 1.70. The van der Waals surface area contributed by atoms with Crippen LogP contribution in [0.3, 0.4) is 0 Å². The second-order valence-corrected chi connectivity index (χ2v) is 3.67. The number of fused-ring (bicyclic) bond motifs is 1. The zero-order valence-electron chi connectivity index (χ0n) is 9.11. The Kier molecular flexibility index (Phi) is 3.39. The maximum Gasteiger partial charge on any atom is 0.0604 e. The summed E-state index contributed by atoms with van der Waals surface area (Å²) in [5, 5.41) is 14.3. The molecule has 0 spiro atoms. The molecule has 0 aliphatic heterocycles. The number of hydrogen-bond donors (Lipinski definition) is 3. The molecule has 84 valence electrons. The van der Waals surface area contributed by atoms with Crippen molar-refractivity contribution < 1.29 is 5.11 Å². The maximum atomic E-state index is 8.82. The number of aliphatic hydroxyl groups excluding tert-OH is 1. The number of anilines is 1. The fraction of sp³-hybridized carbons (Fsp3) is 0.231. The van der Waals surface area contributed by atoms with Gasteiger partial charge < -0.3 is 16.2 Å². The predicted molar refractivity (Wildman–Crippen MR) is 67.4 cm³/mol. The zero-order chi connectivity index (χ0) is 11.4. The van der Waals surface area contributed by atoms with Crippen molar-refractivity contribution in [2.45, 2.75) is 6.54 Å². The fourth-order valence-electron chi connectivity index (χ4n) is 1.88. The van der Waals surface area contributed by atoms with E-state index in [1.807, 2.05) is 24.3 Å². The van der Waals surface area contributed by atoms with Gasteiger partial charge >= 0.3 is 0 Å². The SMILES string of the molecule is NCc1ccc(NCCO)c2ccccc12. The van der Waals surface area contributed by atoms with Crippen molar-refractivity contribution in [2.75, 3.05) is 18.5 Å². The summed E-state index contributed by atoms with van der Waals surface area (Å²) >= 11 is 0. The second kappa shape index (κ2) is 4.96. The lowest BCUT2D eigenvalue weighted by Gasteiger charge is -2.11. The van der Waals surface area contributed by atoms with E-state index >= 15 is 0 Å². The van der Waals surface area contributed by atoms with Crippen LogP contribution in [0.2, 0.25) is 0 Å². The molecule has 3 nitrogen and oxygen atoms in total. The third-order valence-corrected chi connectivity index (χ3v) is 2.66. The van der Waals surface area contributed by atoms with E-state index in [0.29, 0.717) is 13.1 Å². The maximum absolute atomic E-state index is 8.82. The smallest absolute Gasteiger partial charge is 0.0604 e. The quantitative estimate of drug-likeness (QED) is 0.729.